The maximum atomic E-state index is 12.6. The Morgan fingerprint density at radius 1 is 0.704 bits per heavy atom. The molecule has 0 unspecified atom stereocenters. The maximum Gasteiger partial charge on any atom is 0.424 e. The molecular weight excluding hydrogens is 342 g/mol. The summed E-state index contributed by atoms with van der Waals surface area (Å²) in [7, 11) is 0. The van der Waals surface area contributed by atoms with Gasteiger partial charge in [-0.1, -0.05) is 66.7 Å². The maximum absolute atomic E-state index is 12.6. The van der Waals surface area contributed by atoms with Crippen molar-refractivity contribution < 1.29 is 19.1 Å². The molecule has 2 aliphatic carbocycles. The predicted molar refractivity (Wildman–Crippen MR) is 101 cm³/mol. The fourth-order valence-corrected chi connectivity index (χ4v) is 2.77. The lowest BCUT2D eigenvalue weighted by atomic mass is 10.2. The SMILES string of the molecule is O=C(OCc1ccccc1)N(C(=O)OCc1ccccc1)c1ccc2cc1-2. The smallest absolute Gasteiger partial charge is 0.424 e. The summed E-state index contributed by atoms with van der Waals surface area (Å²) in [6.45, 7) is 0.156. The zero-order valence-corrected chi connectivity index (χ0v) is 14.5. The van der Waals surface area contributed by atoms with Crippen molar-refractivity contribution in [1.82, 2.24) is 0 Å². The molecule has 0 aromatic heterocycles. The molecule has 27 heavy (non-hydrogen) atoms. The van der Waals surface area contributed by atoms with Gasteiger partial charge >= 0.3 is 12.2 Å². The third kappa shape index (κ3) is 3.82. The summed E-state index contributed by atoms with van der Waals surface area (Å²) in [4.78, 5) is 26.2. The largest absolute Gasteiger partial charge is 0.444 e. The van der Waals surface area contributed by atoms with Crippen LogP contribution in [-0.4, -0.2) is 12.2 Å². The zero-order chi connectivity index (χ0) is 18.6. The van der Waals surface area contributed by atoms with E-state index in [1.807, 2.05) is 72.8 Å². The Labute approximate surface area is 156 Å². The number of hydrogen-bond acceptors (Lipinski definition) is 4. The molecule has 5 nitrogen and oxygen atoms in total. The molecule has 2 aliphatic rings. The third-order valence-corrected chi connectivity index (χ3v) is 4.24. The first kappa shape index (κ1) is 16.8. The molecule has 0 N–H and O–H groups in total. The number of hydrogen-bond donors (Lipinski definition) is 0. The lowest BCUT2D eigenvalue weighted by Crippen LogP contribution is -2.37. The summed E-state index contributed by atoms with van der Waals surface area (Å²) < 4.78 is 10.7. The van der Waals surface area contributed by atoms with Gasteiger partial charge in [0.25, 0.3) is 0 Å². The first-order valence-corrected chi connectivity index (χ1v) is 8.58. The van der Waals surface area contributed by atoms with Gasteiger partial charge < -0.3 is 9.47 Å². The topological polar surface area (TPSA) is 55.8 Å². The molecule has 0 heterocycles. The fourth-order valence-electron chi connectivity index (χ4n) is 2.77. The van der Waals surface area contributed by atoms with Gasteiger partial charge in [-0.25, -0.2) is 9.59 Å². The molecule has 4 rings (SSSR count). The van der Waals surface area contributed by atoms with Crippen molar-refractivity contribution in [3.05, 3.63) is 90.0 Å². The highest BCUT2D eigenvalue weighted by atomic mass is 16.6. The Balaban J connectivity index is 1.46. The third-order valence-electron chi connectivity index (χ3n) is 4.24. The van der Waals surface area contributed by atoms with Crippen LogP contribution < -0.4 is 4.90 Å². The molecule has 0 bridgehead atoms. The van der Waals surface area contributed by atoms with Crippen molar-refractivity contribution in [2.75, 3.05) is 4.90 Å². The van der Waals surface area contributed by atoms with Gasteiger partial charge in [-0.2, -0.15) is 4.90 Å². The van der Waals surface area contributed by atoms with Crippen LogP contribution in [0.5, 0.6) is 0 Å². The molecule has 0 fully saturated rings. The Kier molecular flexibility index (Phi) is 4.58. The van der Waals surface area contributed by atoms with Crippen molar-refractivity contribution in [3.8, 4) is 11.1 Å². The molecule has 2 amide bonds. The van der Waals surface area contributed by atoms with Crippen LogP contribution >= 0.6 is 0 Å². The molecule has 0 aliphatic heterocycles. The van der Waals surface area contributed by atoms with Gasteiger partial charge in [-0.05, 0) is 28.8 Å². The van der Waals surface area contributed by atoms with Crippen molar-refractivity contribution in [2.24, 2.45) is 0 Å². The van der Waals surface area contributed by atoms with Crippen molar-refractivity contribution in [3.63, 3.8) is 0 Å². The zero-order valence-electron chi connectivity index (χ0n) is 14.5. The van der Waals surface area contributed by atoms with Crippen LogP contribution in [0, 0.1) is 0 Å². The van der Waals surface area contributed by atoms with Crippen LogP contribution in [0.15, 0.2) is 78.9 Å². The van der Waals surface area contributed by atoms with Gasteiger partial charge in [0.15, 0.2) is 0 Å². The van der Waals surface area contributed by atoms with Crippen molar-refractivity contribution >= 4 is 17.9 Å². The summed E-state index contributed by atoms with van der Waals surface area (Å²) in [6.07, 6.45) is -1.52. The van der Waals surface area contributed by atoms with Gasteiger partial charge in [0.1, 0.15) is 13.2 Å². The summed E-state index contributed by atoms with van der Waals surface area (Å²) in [5.74, 6) is 0. The summed E-state index contributed by atoms with van der Waals surface area (Å²) in [6, 6.07) is 24.1. The minimum absolute atomic E-state index is 0.0781. The van der Waals surface area contributed by atoms with Gasteiger partial charge in [0.2, 0.25) is 0 Å². The minimum atomic E-state index is -0.759. The monoisotopic (exact) mass is 359 g/mol. The summed E-state index contributed by atoms with van der Waals surface area (Å²) >= 11 is 0. The summed E-state index contributed by atoms with van der Waals surface area (Å²) in [5.41, 5.74) is 4.05. The Morgan fingerprint density at radius 2 is 1.22 bits per heavy atom. The average Bonchev–Trinajstić information content (AvgIpc) is 3.39. The van der Waals surface area contributed by atoms with Crippen LogP contribution in [0.1, 0.15) is 11.1 Å². The lowest BCUT2D eigenvalue weighted by Gasteiger charge is -2.19. The highest BCUT2D eigenvalue weighted by Gasteiger charge is 2.33. The number of ether oxygens (including phenoxy) is 2. The van der Waals surface area contributed by atoms with E-state index in [0.717, 1.165) is 27.2 Å². The van der Waals surface area contributed by atoms with Crippen LogP contribution in [0.25, 0.3) is 11.1 Å². The molecule has 134 valence electrons. The normalized spacial score (nSPS) is 10.8. The number of amides is 2. The van der Waals surface area contributed by atoms with Gasteiger partial charge in [-0.3, -0.25) is 0 Å². The quantitative estimate of drug-likeness (QED) is 0.495. The summed E-state index contributed by atoms with van der Waals surface area (Å²) in [5, 5.41) is 0. The second-order valence-electron chi connectivity index (χ2n) is 6.15. The number of nitrogens with zero attached hydrogens (tertiary/aromatic N) is 1. The predicted octanol–water partition coefficient (Wildman–Crippen LogP) is 5.15. The highest BCUT2D eigenvalue weighted by molar-refractivity contribution is 6.14. The number of carbonyl (C=O) groups is 2. The number of anilines is 1. The molecule has 5 heteroatoms. The van der Waals surface area contributed by atoms with Crippen molar-refractivity contribution in [2.45, 2.75) is 13.2 Å². The lowest BCUT2D eigenvalue weighted by molar-refractivity contribution is 0.127. The average molecular weight is 359 g/mol. The second-order valence-corrected chi connectivity index (χ2v) is 6.15. The number of carbonyl (C=O) groups excluding carboxylic acids is 2. The van der Waals surface area contributed by atoms with Crippen molar-refractivity contribution in [1.29, 1.82) is 0 Å². The van der Waals surface area contributed by atoms with E-state index in [-0.39, 0.29) is 13.2 Å². The van der Waals surface area contributed by atoms with E-state index in [1.165, 1.54) is 0 Å². The van der Waals surface area contributed by atoms with Crippen LogP contribution in [0.2, 0.25) is 0 Å². The number of imide groups is 1. The van der Waals surface area contributed by atoms with E-state index < -0.39 is 12.2 Å². The van der Waals surface area contributed by atoms with Gasteiger partial charge in [-0.15, -0.1) is 0 Å². The first-order chi connectivity index (χ1) is 13.2. The number of fused-ring (bicyclic) bond motifs is 1. The van der Waals surface area contributed by atoms with Gasteiger partial charge in [0, 0.05) is 5.56 Å². The molecule has 0 saturated carbocycles. The van der Waals surface area contributed by atoms with E-state index >= 15 is 0 Å². The van der Waals surface area contributed by atoms with E-state index in [4.69, 9.17) is 9.47 Å². The van der Waals surface area contributed by atoms with Crippen LogP contribution in [0.3, 0.4) is 0 Å². The van der Waals surface area contributed by atoms with Crippen LogP contribution in [-0.2, 0) is 22.7 Å². The molecule has 0 saturated heterocycles. The number of benzene rings is 3. The minimum Gasteiger partial charge on any atom is -0.444 e. The Bertz CT molecular complexity index is 915. The fraction of sp³-hybridized carbons (Fsp3) is 0.0909. The van der Waals surface area contributed by atoms with E-state index in [1.54, 1.807) is 6.07 Å². The first-order valence-electron chi connectivity index (χ1n) is 8.58. The number of rotatable bonds is 5. The molecule has 2 aromatic carbocycles. The van der Waals surface area contributed by atoms with E-state index in [0.29, 0.717) is 5.69 Å². The molecule has 0 spiro atoms. The highest BCUT2D eigenvalue weighted by Crippen LogP contribution is 2.44. The van der Waals surface area contributed by atoms with E-state index in [9.17, 15) is 9.59 Å². The molecule has 0 atom stereocenters. The van der Waals surface area contributed by atoms with Crippen LogP contribution in [0.4, 0.5) is 15.3 Å². The van der Waals surface area contributed by atoms with Gasteiger partial charge in [0.05, 0.1) is 5.69 Å². The Hall–Kier alpha value is -3.60. The second kappa shape index (κ2) is 7.33. The van der Waals surface area contributed by atoms with E-state index in [2.05, 4.69) is 0 Å². The molecular formula is C22H17NO4. The molecule has 2 aromatic rings. The molecule has 0 radical (unpaired) electrons. The Morgan fingerprint density at radius 3 is 1.63 bits per heavy atom. The standard InChI is InChI=1S/C22H17NO4/c24-21(26-14-16-7-3-1-4-8-16)23(20-12-11-18-13-19(18)20)22(25)27-15-17-9-5-2-6-10-17/h1-13H,14-15H2.